The minimum Gasteiger partial charge on any atom is -0.394 e. The van der Waals surface area contributed by atoms with Crippen molar-refractivity contribution in [3.05, 3.63) is 29.3 Å². The molecule has 5 N–H and O–H groups in total. The highest BCUT2D eigenvalue weighted by Crippen LogP contribution is 2.18. The molecule has 0 saturated carbocycles. The second-order valence-electron chi connectivity index (χ2n) is 5.28. The monoisotopic (exact) mass is 298 g/mol. The largest absolute Gasteiger partial charge is 0.394 e. The summed E-state index contributed by atoms with van der Waals surface area (Å²) in [6, 6.07) is 6.67. The van der Waals surface area contributed by atoms with Gasteiger partial charge in [0.05, 0.1) is 25.4 Å². The average molecular weight is 298 g/mol. The van der Waals surface area contributed by atoms with Crippen molar-refractivity contribution >= 4 is 5.69 Å². The molecule has 0 aromatic heterocycles. The lowest BCUT2D eigenvalue weighted by Gasteiger charge is -2.21. The van der Waals surface area contributed by atoms with E-state index in [1.165, 1.54) is 16.8 Å². The molecule has 0 aliphatic heterocycles. The summed E-state index contributed by atoms with van der Waals surface area (Å²) in [5, 5.41) is 25.0. The van der Waals surface area contributed by atoms with Gasteiger partial charge in [0, 0.05) is 18.8 Å². The molecule has 0 bridgehead atoms. The molecule has 0 radical (unpaired) electrons. The van der Waals surface area contributed by atoms with Gasteiger partial charge in [-0.25, -0.2) is 0 Å². The van der Waals surface area contributed by atoms with Crippen molar-refractivity contribution in [1.29, 1.82) is 0 Å². The van der Waals surface area contributed by atoms with E-state index in [2.05, 4.69) is 50.8 Å². The molecule has 5 nitrogen and oxygen atoms in total. The molecule has 0 aliphatic rings. The van der Waals surface area contributed by atoms with E-state index >= 15 is 0 Å². The highest BCUT2D eigenvalue weighted by Gasteiger charge is 2.20. The molecule has 122 valence electrons. The van der Waals surface area contributed by atoms with Crippen LogP contribution in [0.25, 0.3) is 0 Å². The number of benzene rings is 1. The predicted octanol–water partition coefficient (Wildman–Crippen LogP) is 0.810. The number of rotatable bonds is 6. The van der Waals surface area contributed by atoms with E-state index < -0.39 is 25.4 Å². The number of anilines is 1. The van der Waals surface area contributed by atoms with Crippen LogP contribution in [0.15, 0.2) is 18.2 Å². The van der Waals surface area contributed by atoms with Gasteiger partial charge in [0.2, 0.25) is 0 Å². The number of aliphatic hydroxyl groups excluding tert-OH is 3. The van der Waals surface area contributed by atoms with E-state index in [9.17, 15) is 0 Å². The van der Waals surface area contributed by atoms with Crippen molar-refractivity contribution in [3.63, 3.8) is 0 Å². The zero-order valence-electron chi connectivity index (χ0n) is 13.6. The summed E-state index contributed by atoms with van der Waals surface area (Å²) in [4.78, 5) is 2.37. The fourth-order valence-electron chi connectivity index (χ4n) is 1.66. The van der Waals surface area contributed by atoms with Crippen LogP contribution in [0.2, 0.25) is 0 Å². The number of aliphatic hydroxyl groups is 3. The van der Waals surface area contributed by atoms with Crippen LogP contribution in [-0.4, -0.2) is 53.8 Å². The Labute approximate surface area is 128 Å². The van der Waals surface area contributed by atoms with E-state index in [0.29, 0.717) is 0 Å². The first kappa shape index (κ1) is 19.9. The first-order chi connectivity index (χ1) is 9.87. The first-order valence-electron chi connectivity index (χ1n) is 7.31. The molecule has 0 saturated heterocycles. The van der Waals surface area contributed by atoms with Crippen molar-refractivity contribution in [2.75, 3.05) is 37.8 Å². The van der Waals surface area contributed by atoms with E-state index in [1.54, 1.807) is 0 Å². The summed E-state index contributed by atoms with van der Waals surface area (Å²) in [6.07, 6.45) is 0. The molecular weight excluding hydrogens is 268 g/mol. The number of hydrogen-bond acceptors (Lipinski definition) is 5. The van der Waals surface area contributed by atoms with Crippen molar-refractivity contribution in [1.82, 2.24) is 0 Å². The summed E-state index contributed by atoms with van der Waals surface area (Å²) >= 11 is 0. The summed E-state index contributed by atoms with van der Waals surface area (Å²) in [5.74, 6) is 0. The van der Waals surface area contributed by atoms with Crippen LogP contribution >= 0.6 is 0 Å². The molecule has 0 fully saturated rings. The lowest BCUT2D eigenvalue weighted by Crippen LogP contribution is -2.50. The maximum atomic E-state index is 8.34. The van der Waals surface area contributed by atoms with E-state index in [1.807, 2.05) is 0 Å². The van der Waals surface area contributed by atoms with Crippen molar-refractivity contribution in [2.45, 2.75) is 33.2 Å². The third-order valence-corrected chi connectivity index (χ3v) is 3.56. The van der Waals surface area contributed by atoms with Gasteiger partial charge in [-0.1, -0.05) is 6.07 Å². The van der Waals surface area contributed by atoms with Crippen LogP contribution in [0, 0.1) is 13.8 Å². The van der Waals surface area contributed by atoms with Crippen LogP contribution in [0.1, 0.15) is 25.0 Å². The van der Waals surface area contributed by atoms with Crippen LogP contribution in [0.3, 0.4) is 0 Å². The molecule has 5 heteroatoms. The number of aryl methyl sites for hydroxylation is 2. The lowest BCUT2D eigenvalue weighted by atomic mass is 10.1. The zero-order chi connectivity index (χ0) is 16.5. The van der Waals surface area contributed by atoms with Gasteiger partial charge in [-0.05, 0) is 51.0 Å². The van der Waals surface area contributed by atoms with Gasteiger partial charge in [0.25, 0.3) is 0 Å². The van der Waals surface area contributed by atoms with E-state index in [0.717, 1.165) is 13.1 Å². The van der Waals surface area contributed by atoms with Crippen molar-refractivity contribution in [3.8, 4) is 0 Å². The molecule has 1 rings (SSSR count). The maximum Gasteiger partial charge on any atom is 0.0856 e. The van der Waals surface area contributed by atoms with E-state index in [4.69, 9.17) is 21.1 Å². The topological polar surface area (TPSA) is 90.0 Å². The summed E-state index contributed by atoms with van der Waals surface area (Å²) in [5.41, 5.74) is 8.03. The Kier molecular flexibility index (Phi) is 9.21. The smallest absolute Gasteiger partial charge is 0.0856 e. The van der Waals surface area contributed by atoms with Gasteiger partial charge in [0.15, 0.2) is 0 Å². The van der Waals surface area contributed by atoms with Crippen LogP contribution < -0.4 is 10.6 Å². The Morgan fingerprint density at radius 2 is 1.43 bits per heavy atom. The first-order valence-corrected chi connectivity index (χ1v) is 7.31. The number of nitrogens with two attached hydrogens (primary N) is 1. The summed E-state index contributed by atoms with van der Waals surface area (Å²) in [7, 11) is 0. The molecular formula is C16H30N2O3. The van der Waals surface area contributed by atoms with Gasteiger partial charge in [-0.15, -0.1) is 0 Å². The fraction of sp³-hybridized carbons (Fsp3) is 0.625. The highest BCUT2D eigenvalue weighted by molar-refractivity contribution is 5.50. The minimum absolute atomic E-state index is 0.403. The highest BCUT2D eigenvalue weighted by atomic mass is 16.3. The van der Waals surface area contributed by atoms with Gasteiger partial charge >= 0.3 is 0 Å². The molecule has 0 unspecified atom stereocenters. The van der Waals surface area contributed by atoms with Crippen molar-refractivity contribution in [2.24, 2.45) is 5.73 Å². The van der Waals surface area contributed by atoms with Crippen LogP contribution in [0.4, 0.5) is 5.69 Å². The standard InChI is InChI=1S/C12H19N.C4H11NO3/c1-5-13(6-2)12-8-7-10(3)11(4)9-12;5-4(1-6,2-7)3-8/h7-9H,5-6H2,1-4H3;6-8H,1-3,5H2. The third-order valence-electron chi connectivity index (χ3n) is 3.56. The quantitative estimate of drug-likeness (QED) is 0.624. The Morgan fingerprint density at radius 3 is 1.71 bits per heavy atom. The van der Waals surface area contributed by atoms with E-state index in [-0.39, 0.29) is 0 Å². The second kappa shape index (κ2) is 9.73. The molecule has 0 amide bonds. The SMILES string of the molecule is CCN(CC)c1ccc(C)c(C)c1.NC(CO)(CO)CO. The number of nitrogens with zero attached hydrogens (tertiary/aromatic N) is 1. The van der Waals surface area contributed by atoms with Crippen LogP contribution in [0.5, 0.6) is 0 Å². The molecule has 1 aromatic rings. The molecule has 1 aromatic carbocycles. The maximum absolute atomic E-state index is 8.34. The average Bonchev–Trinajstić information content (AvgIpc) is 2.52. The Hall–Kier alpha value is -1.14. The summed E-state index contributed by atoms with van der Waals surface area (Å²) < 4.78 is 0. The normalized spacial score (nSPS) is 10.9. The second-order valence-corrected chi connectivity index (χ2v) is 5.28. The molecule has 21 heavy (non-hydrogen) atoms. The number of hydrogen-bond donors (Lipinski definition) is 4. The van der Waals surface area contributed by atoms with Gasteiger partial charge in [-0.3, -0.25) is 0 Å². The Balaban J connectivity index is 0.000000433. The van der Waals surface area contributed by atoms with Crippen molar-refractivity contribution < 1.29 is 15.3 Å². The Morgan fingerprint density at radius 1 is 0.952 bits per heavy atom. The fourth-order valence-corrected chi connectivity index (χ4v) is 1.66. The zero-order valence-corrected chi connectivity index (χ0v) is 13.6. The van der Waals surface area contributed by atoms with Crippen LogP contribution in [-0.2, 0) is 0 Å². The van der Waals surface area contributed by atoms with Gasteiger partial charge in [-0.2, -0.15) is 0 Å². The molecule has 0 aliphatic carbocycles. The predicted molar refractivity (Wildman–Crippen MR) is 87.7 cm³/mol. The molecule has 0 atom stereocenters. The molecule has 0 heterocycles. The lowest BCUT2D eigenvalue weighted by molar-refractivity contribution is 0.0698. The molecule has 0 spiro atoms. The Bertz CT molecular complexity index is 394. The third kappa shape index (κ3) is 6.44. The summed E-state index contributed by atoms with van der Waals surface area (Å²) in [6.45, 7) is 9.67. The van der Waals surface area contributed by atoms with Gasteiger partial charge < -0.3 is 26.0 Å². The van der Waals surface area contributed by atoms with Gasteiger partial charge in [0.1, 0.15) is 0 Å². The minimum atomic E-state index is -1.21.